The number of hydrogen-bond acceptors (Lipinski definition) is 2. The van der Waals surface area contributed by atoms with Crippen LogP contribution in [0.25, 0.3) is 0 Å². The van der Waals surface area contributed by atoms with Crippen LogP contribution in [0.4, 0.5) is 0 Å². The van der Waals surface area contributed by atoms with Crippen molar-refractivity contribution in [1.29, 1.82) is 0 Å². The monoisotopic (exact) mass is 330 g/mol. The average Bonchev–Trinajstić information content (AvgIpc) is 2.54. The summed E-state index contributed by atoms with van der Waals surface area (Å²) in [4.78, 5) is 23.1. The number of aryl methyl sites for hydroxylation is 1. The van der Waals surface area contributed by atoms with Crippen LogP contribution in [-0.4, -0.2) is 27.6 Å². The summed E-state index contributed by atoms with van der Waals surface area (Å²) in [6.07, 6.45) is 1.68. The van der Waals surface area contributed by atoms with Crippen molar-refractivity contribution in [2.24, 2.45) is 12.5 Å². The van der Waals surface area contributed by atoms with Gasteiger partial charge in [0.2, 0.25) is 0 Å². The number of aromatic nitrogens is 1. The van der Waals surface area contributed by atoms with E-state index in [1.807, 2.05) is 20.8 Å². The van der Waals surface area contributed by atoms with Gasteiger partial charge in [-0.2, -0.15) is 0 Å². The summed E-state index contributed by atoms with van der Waals surface area (Å²) in [5.74, 6) is -1.19. The molecule has 0 radical (unpaired) electrons. The molecule has 1 rings (SSSR count). The van der Waals surface area contributed by atoms with Gasteiger partial charge >= 0.3 is 5.97 Å². The molecule has 0 saturated carbocycles. The third-order valence-electron chi connectivity index (χ3n) is 2.93. The maximum atomic E-state index is 12.2. The molecule has 1 aromatic heterocycles. The van der Waals surface area contributed by atoms with Crippen LogP contribution >= 0.6 is 15.9 Å². The summed E-state index contributed by atoms with van der Waals surface area (Å²) in [7, 11) is 1.77. The minimum Gasteiger partial charge on any atom is -0.481 e. The maximum absolute atomic E-state index is 12.2. The molecule has 1 amide bonds. The summed E-state index contributed by atoms with van der Waals surface area (Å²) < 4.78 is 2.51. The molecule has 1 heterocycles. The number of aliphatic carboxylic acids is 1. The second-order valence-corrected chi connectivity index (χ2v) is 6.56. The fourth-order valence-corrected chi connectivity index (χ4v) is 2.25. The summed E-state index contributed by atoms with van der Waals surface area (Å²) in [5, 5.41) is 11.7. The molecule has 0 fully saturated rings. The van der Waals surface area contributed by atoms with E-state index in [9.17, 15) is 9.59 Å². The lowest BCUT2D eigenvalue weighted by Gasteiger charge is -2.30. The van der Waals surface area contributed by atoms with Gasteiger partial charge in [-0.15, -0.1) is 0 Å². The van der Waals surface area contributed by atoms with Crippen LogP contribution in [0, 0.1) is 5.41 Å². The molecule has 0 bridgehead atoms. The molecule has 1 aromatic rings. The number of nitrogens with one attached hydrogen (secondary N) is 1. The molecule has 19 heavy (non-hydrogen) atoms. The van der Waals surface area contributed by atoms with E-state index in [0.717, 1.165) is 4.47 Å². The molecule has 0 spiro atoms. The third kappa shape index (κ3) is 4.38. The van der Waals surface area contributed by atoms with Crippen molar-refractivity contribution in [1.82, 2.24) is 9.88 Å². The molecular formula is C13H19BrN2O3. The number of amides is 1. The van der Waals surface area contributed by atoms with E-state index in [1.54, 1.807) is 23.9 Å². The number of carboxylic acids is 1. The topological polar surface area (TPSA) is 71.3 Å². The van der Waals surface area contributed by atoms with Gasteiger partial charge in [0.05, 0.1) is 6.42 Å². The highest BCUT2D eigenvalue weighted by atomic mass is 79.9. The van der Waals surface area contributed by atoms with Gasteiger partial charge in [0.25, 0.3) is 5.91 Å². The molecule has 6 heteroatoms. The van der Waals surface area contributed by atoms with Crippen LogP contribution in [0.2, 0.25) is 0 Å². The maximum Gasteiger partial charge on any atom is 0.305 e. The highest BCUT2D eigenvalue weighted by molar-refractivity contribution is 9.10. The molecule has 0 aliphatic carbocycles. The molecule has 0 aromatic carbocycles. The van der Waals surface area contributed by atoms with E-state index in [2.05, 4.69) is 21.2 Å². The molecular weight excluding hydrogens is 312 g/mol. The van der Waals surface area contributed by atoms with Gasteiger partial charge in [-0.1, -0.05) is 20.8 Å². The molecule has 1 unspecified atom stereocenters. The van der Waals surface area contributed by atoms with E-state index >= 15 is 0 Å². The van der Waals surface area contributed by atoms with Crippen molar-refractivity contribution in [3.05, 3.63) is 22.4 Å². The van der Waals surface area contributed by atoms with Crippen LogP contribution < -0.4 is 5.32 Å². The summed E-state index contributed by atoms with van der Waals surface area (Å²) in [6.45, 7) is 5.71. The predicted molar refractivity (Wildman–Crippen MR) is 76.1 cm³/mol. The second kappa shape index (κ2) is 5.77. The average molecular weight is 331 g/mol. The Balaban J connectivity index is 2.88. The van der Waals surface area contributed by atoms with E-state index in [0.29, 0.717) is 5.69 Å². The van der Waals surface area contributed by atoms with Crippen LogP contribution in [0.15, 0.2) is 16.7 Å². The minimum atomic E-state index is -0.923. The lowest BCUT2D eigenvalue weighted by Crippen LogP contribution is -2.45. The Bertz CT molecular complexity index is 489. The van der Waals surface area contributed by atoms with Crippen molar-refractivity contribution in [3.63, 3.8) is 0 Å². The van der Waals surface area contributed by atoms with E-state index in [-0.39, 0.29) is 17.7 Å². The van der Waals surface area contributed by atoms with Crippen molar-refractivity contribution in [2.45, 2.75) is 33.2 Å². The van der Waals surface area contributed by atoms with E-state index < -0.39 is 12.0 Å². The van der Waals surface area contributed by atoms with Crippen molar-refractivity contribution in [2.75, 3.05) is 0 Å². The lowest BCUT2D eigenvalue weighted by molar-refractivity contribution is -0.138. The van der Waals surface area contributed by atoms with Crippen LogP contribution in [0.1, 0.15) is 37.7 Å². The molecule has 106 valence electrons. The van der Waals surface area contributed by atoms with E-state index in [1.165, 1.54) is 0 Å². The van der Waals surface area contributed by atoms with Gasteiger partial charge in [-0.3, -0.25) is 9.59 Å². The molecule has 0 aliphatic heterocycles. The molecule has 2 N–H and O–H groups in total. The smallest absolute Gasteiger partial charge is 0.305 e. The molecule has 1 atom stereocenters. The van der Waals surface area contributed by atoms with Gasteiger partial charge in [0.15, 0.2) is 0 Å². The van der Waals surface area contributed by atoms with Crippen molar-refractivity contribution >= 4 is 27.8 Å². The summed E-state index contributed by atoms with van der Waals surface area (Å²) in [6, 6.07) is 1.28. The second-order valence-electron chi connectivity index (χ2n) is 5.64. The predicted octanol–water partition coefficient (Wildman–Crippen LogP) is 2.41. The van der Waals surface area contributed by atoms with Gasteiger partial charge in [-0.25, -0.2) is 0 Å². The number of hydrogen-bond donors (Lipinski definition) is 2. The Morgan fingerprint density at radius 2 is 2.05 bits per heavy atom. The zero-order chi connectivity index (χ0) is 14.8. The van der Waals surface area contributed by atoms with Crippen LogP contribution in [0.5, 0.6) is 0 Å². The number of nitrogens with zero attached hydrogens (tertiary/aromatic N) is 1. The summed E-state index contributed by atoms with van der Waals surface area (Å²) >= 11 is 3.30. The van der Waals surface area contributed by atoms with Crippen LogP contribution in [-0.2, 0) is 11.8 Å². The first-order valence-electron chi connectivity index (χ1n) is 5.96. The Morgan fingerprint density at radius 1 is 1.47 bits per heavy atom. The molecule has 0 saturated heterocycles. The Labute approximate surface area is 121 Å². The number of rotatable bonds is 4. The van der Waals surface area contributed by atoms with Gasteiger partial charge < -0.3 is 15.0 Å². The minimum absolute atomic E-state index is 0.0964. The quantitative estimate of drug-likeness (QED) is 0.890. The first-order chi connectivity index (χ1) is 8.61. The lowest BCUT2D eigenvalue weighted by atomic mass is 9.84. The zero-order valence-corrected chi connectivity index (χ0v) is 13.1. The number of halogens is 1. The fourth-order valence-electron chi connectivity index (χ4n) is 1.73. The number of carbonyl (C=O) groups excluding carboxylic acids is 1. The SMILES string of the molecule is Cn1cc(Br)cc1C(=O)NC(CC(=O)O)C(C)(C)C. The molecule has 5 nitrogen and oxygen atoms in total. The van der Waals surface area contributed by atoms with Gasteiger partial charge in [0.1, 0.15) is 5.69 Å². The highest BCUT2D eigenvalue weighted by Gasteiger charge is 2.29. The Hall–Kier alpha value is -1.30. The largest absolute Gasteiger partial charge is 0.481 e. The first-order valence-corrected chi connectivity index (χ1v) is 6.75. The third-order valence-corrected chi connectivity index (χ3v) is 3.37. The fraction of sp³-hybridized carbons (Fsp3) is 0.538. The molecule has 0 aliphatic rings. The van der Waals surface area contributed by atoms with Crippen molar-refractivity contribution < 1.29 is 14.7 Å². The highest BCUT2D eigenvalue weighted by Crippen LogP contribution is 2.23. The summed E-state index contributed by atoms with van der Waals surface area (Å²) in [5.41, 5.74) is 0.169. The van der Waals surface area contributed by atoms with Crippen molar-refractivity contribution in [3.8, 4) is 0 Å². The van der Waals surface area contributed by atoms with E-state index in [4.69, 9.17) is 5.11 Å². The van der Waals surface area contributed by atoms with Gasteiger partial charge in [0, 0.05) is 23.8 Å². The number of carboxylic acid groups (broad SMARTS) is 1. The zero-order valence-electron chi connectivity index (χ0n) is 11.5. The Kier molecular flexibility index (Phi) is 4.79. The van der Waals surface area contributed by atoms with Crippen LogP contribution in [0.3, 0.4) is 0 Å². The Morgan fingerprint density at radius 3 is 2.42 bits per heavy atom. The first kappa shape index (κ1) is 15.8. The standard InChI is InChI=1S/C13H19BrN2O3/c1-13(2,3)10(6-11(17)18)15-12(19)9-5-8(14)7-16(9)4/h5,7,10H,6H2,1-4H3,(H,15,19)(H,17,18). The van der Waals surface area contributed by atoms with Gasteiger partial charge in [-0.05, 0) is 27.4 Å². The number of carbonyl (C=O) groups is 2. The normalized spacial score (nSPS) is 13.1.